The molecule has 1 aromatic rings. The van der Waals surface area contributed by atoms with Crippen LogP contribution in [0.1, 0.15) is 18.9 Å². The number of hydrogen-bond donors (Lipinski definition) is 1. The van der Waals surface area contributed by atoms with E-state index in [0.29, 0.717) is 16.1 Å². The van der Waals surface area contributed by atoms with Crippen molar-refractivity contribution in [3.05, 3.63) is 16.5 Å². The van der Waals surface area contributed by atoms with E-state index in [9.17, 15) is 0 Å². The zero-order valence-corrected chi connectivity index (χ0v) is 8.50. The molecule has 1 rings (SSSR count). The minimum atomic E-state index is -0.125. The normalized spacial score (nSPS) is 12.9. The molecule has 0 aliphatic heterocycles. The van der Waals surface area contributed by atoms with Crippen LogP contribution >= 0.6 is 15.9 Å². The fraction of sp³-hybridized carbons (Fsp3) is 0.429. The van der Waals surface area contributed by atoms with Gasteiger partial charge in [0.2, 0.25) is 0 Å². The van der Waals surface area contributed by atoms with Crippen LogP contribution in [0.15, 0.2) is 10.7 Å². The van der Waals surface area contributed by atoms with Crippen LogP contribution in [0.3, 0.4) is 0 Å². The van der Waals surface area contributed by atoms with Crippen molar-refractivity contribution in [2.24, 2.45) is 0 Å². The molecule has 0 saturated carbocycles. The first kappa shape index (κ1) is 9.41. The number of nitrogen functional groups attached to an aromatic ring is 1. The summed E-state index contributed by atoms with van der Waals surface area (Å²) in [6.45, 7) is 1.86. The van der Waals surface area contributed by atoms with Crippen LogP contribution in [0.2, 0.25) is 0 Å². The molecular weight excluding hydrogens is 222 g/mol. The second-order valence-corrected chi connectivity index (χ2v) is 3.19. The molecule has 0 bridgehead atoms. The number of methoxy groups -OCH3 is 1. The van der Waals surface area contributed by atoms with Gasteiger partial charge in [-0.1, -0.05) is 0 Å². The van der Waals surface area contributed by atoms with Gasteiger partial charge in [0.25, 0.3) is 0 Å². The van der Waals surface area contributed by atoms with Gasteiger partial charge in [-0.25, -0.2) is 9.97 Å². The summed E-state index contributed by atoms with van der Waals surface area (Å²) in [5.41, 5.74) is 5.56. The Hall–Kier alpha value is -0.680. The maximum atomic E-state index is 5.56. The second kappa shape index (κ2) is 3.82. The maximum Gasteiger partial charge on any atom is 0.159 e. The highest BCUT2D eigenvalue weighted by atomic mass is 79.9. The minimum absolute atomic E-state index is 0.125. The summed E-state index contributed by atoms with van der Waals surface area (Å²) in [7, 11) is 1.60. The third-order valence-electron chi connectivity index (χ3n) is 1.51. The average molecular weight is 232 g/mol. The SMILES string of the molecule is COC(C)c1ncc(Br)c(N)n1. The molecule has 1 aromatic heterocycles. The largest absolute Gasteiger partial charge is 0.383 e. The Kier molecular flexibility index (Phi) is 2.99. The van der Waals surface area contributed by atoms with E-state index in [4.69, 9.17) is 10.5 Å². The molecule has 0 amide bonds. The van der Waals surface area contributed by atoms with Gasteiger partial charge in [-0.3, -0.25) is 0 Å². The molecule has 0 spiro atoms. The molecule has 1 atom stereocenters. The Morgan fingerprint density at radius 2 is 2.33 bits per heavy atom. The lowest BCUT2D eigenvalue weighted by Gasteiger charge is -2.07. The van der Waals surface area contributed by atoms with Crippen LogP contribution in [-0.2, 0) is 4.74 Å². The molecule has 0 aliphatic carbocycles. The number of nitrogens with zero attached hydrogens (tertiary/aromatic N) is 2. The third-order valence-corrected chi connectivity index (χ3v) is 2.12. The molecule has 1 heterocycles. The van der Waals surface area contributed by atoms with Gasteiger partial charge in [0, 0.05) is 13.3 Å². The van der Waals surface area contributed by atoms with Crippen molar-refractivity contribution >= 4 is 21.7 Å². The molecule has 0 saturated heterocycles. The topological polar surface area (TPSA) is 61.0 Å². The number of hydrogen-bond acceptors (Lipinski definition) is 4. The van der Waals surface area contributed by atoms with E-state index in [2.05, 4.69) is 25.9 Å². The van der Waals surface area contributed by atoms with E-state index in [1.54, 1.807) is 13.3 Å². The van der Waals surface area contributed by atoms with Crippen LogP contribution in [0, 0.1) is 0 Å². The van der Waals surface area contributed by atoms with Crippen molar-refractivity contribution in [1.82, 2.24) is 9.97 Å². The molecule has 0 aromatic carbocycles. The minimum Gasteiger partial charge on any atom is -0.383 e. The molecule has 2 N–H and O–H groups in total. The number of rotatable bonds is 2. The van der Waals surface area contributed by atoms with E-state index in [0.717, 1.165) is 0 Å². The molecule has 1 unspecified atom stereocenters. The number of nitrogens with two attached hydrogens (primary N) is 1. The molecule has 0 radical (unpaired) electrons. The van der Waals surface area contributed by atoms with Gasteiger partial charge in [-0.05, 0) is 22.9 Å². The fourth-order valence-corrected chi connectivity index (χ4v) is 0.887. The van der Waals surface area contributed by atoms with Crippen LogP contribution in [0.4, 0.5) is 5.82 Å². The zero-order valence-electron chi connectivity index (χ0n) is 6.91. The second-order valence-electron chi connectivity index (χ2n) is 2.34. The average Bonchev–Trinajstić information content (AvgIpc) is 2.08. The predicted octanol–water partition coefficient (Wildman–Crippen LogP) is 1.53. The lowest BCUT2D eigenvalue weighted by molar-refractivity contribution is 0.112. The quantitative estimate of drug-likeness (QED) is 0.839. The molecule has 5 heteroatoms. The number of ether oxygens (including phenoxy) is 1. The van der Waals surface area contributed by atoms with E-state index >= 15 is 0 Å². The first-order valence-corrected chi connectivity index (χ1v) is 4.25. The predicted molar refractivity (Wildman–Crippen MR) is 49.6 cm³/mol. The van der Waals surface area contributed by atoms with Crippen LogP contribution in [-0.4, -0.2) is 17.1 Å². The molecule has 0 aliphatic rings. The van der Waals surface area contributed by atoms with Crippen molar-refractivity contribution < 1.29 is 4.74 Å². The van der Waals surface area contributed by atoms with Crippen molar-refractivity contribution in [2.75, 3.05) is 12.8 Å². The lowest BCUT2D eigenvalue weighted by atomic mass is 10.4. The summed E-state index contributed by atoms with van der Waals surface area (Å²) in [5.74, 6) is 1.03. The first-order valence-electron chi connectivity index (χ1n) is 3.46. The van der Waals surface area contributed by atoms with Crippen molar-refractivity contribution in [3.63, 3.8) is 0 Å². The van der Waals surface area contributed by atoms with Gasteiger partial charge in [-0.15, -0.1) is 0 Å². The molecular formula is C7H10BrN3O. The molecule has 4 nitrogen and oxygen atoms in total. The van der Waals surface area contributed by atoms with E-state index < -0.39 is 0 Å². The zero-order chi connectivity index (χ0) is 9.14. The fourth-order valence-electron chi connectivity index (χ4n) is 0.696. The van der Waals surface area contributed by atoms with E-state index in [1.807, 2.05) is 6.92 Å². The lowest BCUT2D eigenvalue weighted by Crippen LogP contribution is -2.05. The molecule has 66 valence electrons. The summed E-state index contributed by atoms with van der Waals surface area (Å²) in [6, 6.07) is 0. The van der Waals surface area contributed by atoms with Crippen molar-refractivity contribution in [1.29, 1.82) is 0 Å². The highest BCUT2D eigenvalue weighted by Gasteiger charge is 2.08. The summed E-state index contributed by atoms with van der Waals surface area (Å²) in [5, 5.41) is 0. The number of anilines is 1. The van der Waals surface area contributed by atoms with Crippen molar-refractivity contribution in [3.8, 4) is 0 Å². The summed E-state index contributed by atoms with van der Waals surface area (Å²) >= 11 is 3.21. The summed E-state index contributed by atoms with van der Waals surface area (Å²) < 4.78 is 5.74. The van der Waals surface area contributed by atoms with Gasteiger partial charge in [0.15, 0.2) is 5.82 Å². The van der Waals surface area contributed by atoms with Gasteiger partial charge in [0.1, 0.15) is 11.9 Å². The number of aromatic nitrogens is 2. The third kappa shape index (κ3) is 1.92. The Labute approximate surface area is 79.3 Å². The van der Waals surface area contributed by atoms with Crippen LogP contribution < -0.4 is 5.73 Å². The molecule has 12 heavy (non-hydrogen) atoms. The first-order chi connectivity index (χ1) is 5.65. The Balaban J connectivity index is 2.96. The monoisotopic (exact) mass is 231 g/mol. The highest BCUT2D eigenvalue weighted by Crippen LogP contribution is 2.18. The van der Waals surface area contributed by atoms with Gasteiger partial charge < -0.3 is 10.5 Å². The highest BCUT2D eigenvalue weighted by molar-refractivity contribution is 9.10. The summed E-state index contributed by atoms with van der Waals surface area (Å²) in [6.07, 6.45) is 1.49. The maximum absolute atomic E-state index is 5.56. The van der Waals surface area contributed by atoms with Crippen LogP contribution in [0.5, 0.6) is 0 Å². The smallest absolute Gasteiger partial charge is 0.159 e. The van der Waals surface area contributed by atoms with Gasteiger partial charge in [0.05, 0.1) is 4.47 Å². The van der Waals surface area contributed by atoms with E-state index in [-0.39, 0.29) is 6.10 Å². The van der Waals surface area contributed by atoms with Gasteiger partial charge in [-0.2, -0.15) is 0 Å². The molecule has 0 fully saturated rings. The van der Waals surface area contributed by atoms with Crippen molar-refractivity contribution in [2.45, 2.75) is 13.0 Å². The Morgan fingerprint density at radius 1 is 1.67 bits per heavy atom. The van der Waals surface area contributed by atoms with Gasteiger partial charge >= 0.3 is 0 Å². The standard InChI is InChI=1S/C7H10BrN3O/c1-4(12-2)7-10-3-5(8)6(9)11-7/h3-4H,1-2H3,(H2,9,10,11). The van der Waals surface area contributed by atoms with Crippen LogP contribution in [0.25, 0.3) is 0 Å². The Bertz CT molecular complexity index is 279. The summed E-state index contributed by atoms with van der Waals surface area (Å²) in [4.78, 5) is 8.09. The van der Waals surface area contributed by atoms with E-state index in [1.165, 1.54) is 0 Å². The Morgan fingerprint density at radius 3 is 2.83 bits per heavy atom. The number of halogens is 1.